The Labute approximate surface area is 59.8 Å². The van der Waals surface area contributed by atoms with Crippen molar-refractivity contribution in [2.75, 3.05) is 0 Å². The van der Waals surface area contributed by atoms with Crippen LogP contribution in [0.2, 0.25) is 0 Å². The predicted molar refractivity (Wildman–Crippen MR) is 41.4 cm³/mol. The predicted octanol–water partition coefficient (Wildman–Crippen LogP) is -0.167. The maximum absolute atomic E-state index is 9.44. The molecule has 2 nitrogen and oxygen atoms in total. The highest BCUT2D eigenvalue weighted by Gasteiger charge is 2.33. The van der Waals surface area contributed by atoms with Gasteiger partial charge >= 0.3 is 0 Å². The summed E-state index contributed by atoms with van der Waals surface area (Å²) in [4.78, 5) is 0. The van der Waals surface area contributed by atoms with E-state index in [2.05, 4.69) is 0 Å². The van der Waals surface area contributed by atoms with E-state index in [-0.39, 0.29) is 0 Å². The lowest BCUT2D eigenvalue weighted by molar-refractivity contribution is -0.0876. The first-order valence-corrected chi connectivity index (χ1v) is 3.90. The van der Waals surface area contributed by atoms with E-state index >= 15 is 0 Å². The van der Waals surface area contributed by atoms with Crippen molar-refractivity contribution in [3.63, 3.8) is 0 Å². The summed E-state index contributed by atoms with van der Waals surface area (Å²) < 4.78 is 5.19. The second kappa shape index (κ2) is 2.40. The van der Waals surface area contributed by atoms with Crippen LogP contribution in [-0.4, -0.2) is 26.8 Å². The zero-order chi connectivity index (χ0) is 7.71. The van der Waals surface area contributed by atoms with E-state index in [1.807, 2.05) is 13.8 Å². The third kappa shape index (κ3) is 2.08. The van der Waals surface area contributed by atoms with E-state index in [0.717, 1.165) is 0 Å². The zero-order valence-electron chi connectivity index (χ0n) is 6.86. The van der Waals surface area contributed by atoms with Gasteiger partial charge in [0.25, 0.3) is 0 Å². The van der Waals surface area contributed by atoms with Gasteiger partial charge < -0.3 is 9.53 Å². The third-order valence-electron chi connectivity index (χ3n) is 1.98. The van der Waals surface area contributed by atoms with Crippen LogP contribution in [0.1, 0.15) is 27.7 Å². The summed E-state index contributed by atoms with van der Waals surface area (Å²) in [6.45, 7) is 7.29. The maximum Gasteiger partial charge on any atom is 0.146 e. The molecule has 1 N–H and O–H groups in total. The number of rotatable bonds is 2. The molecule has 9 heavy (non-hydrogen) atoms. The second-order valence-electron chi connectivity index (χ2n) is 3.27. The summed E-state index contributed by atoms with van der Waals surface area (Å²) in [6.07, 6.45) is 0. The van der Waals surface area contributed by atoms with Gasteiger partial charge in [0, 0.05) is 0 Å². The first kappa shape index (κ1) is 9.14. The molecule has 0 amide bonds. The van der Waals surface area contributed by atoms with E-state index in [1.165, 1.54) is 0 Å². The van der Waals surface area contributed by atoms with Gasteiger partial charge in [0.2, 0.25) is 0 Å². The van der Waals surface area contributed by atoms with Crippen molar-refractivity contribution in [1.29, 1.82) is 0 Å². The van der Waals surface area contributed by atoms with Crippen LogP contribution in [0.15, 0.2) is 0 Å². The highest BCUT2D eigenvalue weighted by Crippen LogP contribution is 2.23. The highest BCUT2D eigenvalue weighted by atomic mass is 28.2. The largest absolute Gasteiger partial charge is 0.420 e. The van der Waals surface area contributed by atoms with Crippen molar-refractivity contribution in [3.8, 4) is 0 Å². The third-order valence-corrected chi connectivity index (χ3v) is 3.00. The number of hydrogen-bond donors (Lipinski definition) is 1. The average Bonchev–Trinajstić information content (AvgIpc) is 1.64. The van der Waals surface area contributed by atoms with Crippen LogP contribution in [0.5, 0.6) is 0 Å². The second-order valence-corrected chi connectivity index (χ2v) is 3.68. The lowest BCUT2D eigenvalue weighted by atomic mass is 9.90. The van der Waals surface area contributed by atoms with Crippen molar-refractivity contribution in [1.82, 2.24) is 0 Å². The van der Waals surface area contributed by atoms with Crippen LogP contribution >= 0.6 is 0 Å². The minimum absolute atomic E-state index is 0.404. The molecule has 0 heterocycles. The van der Waals surface area contributed by atoms with Crippen LogP contribution in [0, 0.1) is 0 Å². The van der Waals surface area contributed by atoms with Gasteiger partial charge in [-0.1, -0.05) is 0 Å². The SMILES string of the molecule is CC(C)(O)C(C)(C)O[SiH3]. The monoisotopic (exact) mass is 148 g/mol. The lowest BCUT2D eigenvalue weighted by Crippen LogP contribution is -2.46. The average molecular weight is 148 g/mol. The fourth-order valence-electron chi connectivity index (χ4n) is 0.250. The molecule has 0 aromatic carbocycles. The molecule has 0 saturated carbocycles. The Balaban J connectivity index is 4.14. The van der Waals surface area contributed by atoms with Gasteiger partial charge in [0.05, 0.1) is 11.2 Å². The van der Waals surface area contributed by atoms with Crippen LogP contribution in [0.3, 0.4) is 0 Å². The molecule has 0 aliphatic carbocycles. The molecular formula is C6H16O2Si. The van der Waals surface area contributed by atoms with E-state index in [9.17, 15) is 5.11 Å². The summed E-state index contributed by atoms with van der Waals surface area (Å²) in [5.41, 5.74) is -1.14. The minimum Gasteiger partial charge on any atom is -0.420 e. The summed E-state index contributed by atoms with van der Waals surface area (Å²) in [5.74, 6) is 0. The van der Waals surface area contributed by atoms with E-state index in [0.29, 0.717) is 10.5 Å². The van der Waals surface area contributed by atoms with Crippen molar-refractivity contribution in [2.45, 2.75) is 38.9 Å². The molecule has 0 unspecified atom stereocenters. The van der Waals surface area contributed by atoms with Gasteiger partial charge in [-0.25, -0.2) is 0 Å². The number of aliphatic hydroxyl groups is 1. The van der Waals surface area contributed by atoms with E-state index in [1.54, 1.807) is 13.8 Å². The molecule has 0 spiro atoms. The minimum atomic E-state index is -0.741. The fourth-order valence-corrected chi connectivity index (χ4v) is 0.749. The molecule has 0 aliphatic rings. The summed E-state index contributed by atoms with van der Waals surface area (Å²) in [5, 5.41) is 9.44. The van der Waals surface area contributed by atoms with Gasteiger partial charge in [-0.3, -0.25) is 0 Å². The summed E-state index contributed by atoms with van der Waals surface area (Å²) in [6, 6.07) is 0. The molecule has 0 saturated heterocycles. The van der Waals surface area contributed by atoms with Crippen LogP contribution in [0.25, 0.3) is 0 Å². The summed E-state index contributed by atoms with van der Waals surface area (Å²) in [7, 11) is 0.668. The van der Waals surface area contributed by atoms with Crippen LogP contribution in [0.4, 0.5) is 0 Å². The first-order valence-electron chi connectivity index (χ1n) is 3.09. The van der Waals surface area contributed by atoms with Crippen molar-refractivity contribution >= 4 is 10.5 Å². The van der Waals surface area contributed by atoms with E-state index < -0.39 is 11.2 Å². The molecule has 0 aliphatic heterocycles. The van der Waals surface area contributed by atoms with E-state index in [4.69, 9.17) is 4.43 Å². The van der Waals surface area contributed by atoms with Gasteiger partial charge in [-0.15, -0.1) is 0 Å². The normalized spacial score (nSPS) is 14.3. The van der Waals surface area contributed by atoms with Gasteiger partial charge in [-0.2, -0.15) is 0 Å². The number of hydrogen-bond acceptors (Lipinski definition) is 2. The highest BCUT2D eigenvalue weighted by molar-refractivity contribution is 5.98. The molecule has 0 bridgehead atoms. The van der Waals surface area contributed by atoms with Crippen molar-refractivity contribution in [2.24, 2.45) is 0 Å². The van der Waals surface area contributed by atoms with Crippen LogP contribution in [-0.2, 0) is 4.43 Å². The topological polar surface area (TPSA) is 29.5 Å². The summed E-state index contributed by atoms with van der Waals surface area (Å²) >= 11 is 0. The molecule has 0 fully saturated rings. The Bertz CT molecular complexity index is 93.7. The van der Waals surface area contributed by atoms with Crippen LogP contribution < -0.4 is 0 Å². The first-order chi connectivity index (χ1) is 3.81. The lowest BCUT2D eigenvalue weighted by Gasteiger charge is -2.36. The standard InChI is InChI=1S/C6H16O2Si/c1-5(2,7)6(3,4)8-9/h7H,1-4,9H3. The molecule has 3 heteroatoms. The Morgan fingerprint density at radius 3 is 1.56 bits per heavy atom. The van der Waals surface area contributed by atoms with Crippen molar-refractivity contribution in [3.05, 3.63) is 0 Å². The van der Waals surface area contributed by atoms with Gasteiger partial charge in [0.1, 0.15) is 10.5 Å². The zero-order valence-corrected chi connectivity index (χ0v) is 8.86. The van der Waals surface area contributed by atoms with Gasteiger partial charge in [-0.05, 0) is 27.7 Å². The Hall–Kier alpha value is 0.137. The van der Waals surface area contributed by atoms with Crippen molar-refractivity contribution < 1.29 is 9.53 Å². The molecule has 56 valence electrons. The quantitative estimate of drug-likeness (QED) is 0.551. The molecule has 0 rings (SSSR count). The maximum atomic E-state index is 9.44. The fraction of sp³-hybridized carbons (Fsp3) is 1.00. The molecular weight excluding hydrogens is 132 g/mol. The molecule has 0 aromatic rings. The Morgan fingerprint density at radius 1 is 1.22 bits per heavy atom. The Morgan fingerprint density at radius 2 is 1.56 bits per heavy atom. The molecule has 0 radical (unpaired) electrons. The molecule has 0 aromatic heterocycles. The smallest absolute Gasteiger partial charge is 0.146 e. The molecule has 0 atom stereocenters. The Kier molecular flexibility index (Phi) is 2.44. The van der Waals surface area contributed by atoms with Gasteiger partial charge in [0.15, 0.2) is 0 Å².